The molecular formula is C9H11N3O6. The summed E-state index contributed by atoms with van der Waals surface area (Å²) in [5.41, 5.74) is 8.05. The van der Waals surface area contributed by atoms with Gasteiger partial charge in [0.2, 0.25) is 11.6 Å². The second-order valence-electron chi connectivity index (χ2n) is 3.20. The molecule has 0 fully saturated rings. The maximum Gasteiger partial charge on any atom is 0.326 e. The van der Waals surface area contributed by atoms with Crippen molar-refractivity contribution in [1.82, 2.24) is 5.32 Å². The smallest absolute Gasteiger partial charge is 0.326 e. The van der Waals surface area contributed by atoms with Crippen LogP contribution in [0.25, 0.3) is 5.53 Å². The van der Waals surface area contributed by atoms with E-state index in [0.29, 0.717) is 6.21 Å². The standard InChI is InChI=1S/C9H11N3O6/c10-11-3-5(14)1-2-6(9(17)18)12-8(16)7(15)4-13/h3,6,13H,1-2,4H2,(H,12,16)(H,17,18)/t6-/m0/s1. The van der Waals surface area contributed by atoms with Crippen LogP contribution >= 0.6 is 0 Å². The highest BCUT2D eigenvalue weighted by Crippen LogP contribution is 1.98. The number of carbonyl (C=O) groups excluding carboxylic acids is 3. The Labute approximate surface area is 101 Å². The summed E-state index contributed by atoms with van der Waals surface area (Å²) < 4.78 is 0. The zero-order chi connectivity index (χ0) is 14.1. The number of carboxylic acids is 1. The lowest BCUT2D eigenvalue weighted by atomic mass is 10.1. The van der Waals surface area contributed by atoms with Gasteiger partial charge in [0.1, 0.15) is 12.6 Å². The van der Waals surface area contributed by atoms with Gasteiger partial charge < -0.3 is 21.1 Å². The normalized spacial score (nSPS) is 10.9. The van der Waals surface area contributed by atoms with E-state index in [1.54, 1.807) is 0 Å². The van der Waals surface area contributed by atoms with E-state index < -0.39 is 36.1 Å². The molecular weight excluding hydrogens is 246 g/mol. The summed E-state index contributed by atoms with van der Waals surface area (Å²) >= 11 is 0. The molecule has 3 N–H and O–H groups in total. The van der Waals surface area contributed by atoms with Gasteiger partial charge in [-0.3, -0.25) is 14.4 Å². The third-order valence-corrected chi connectivity index (χ3v) is 1.88. The topological polar surface area (TPSA) is 157 Å². The SMILES string of the molecule is [N-]=[N+]=CC(=O)CC[C@H](NC(=O)C(=O)CO)C(=O)O. The summed E-state index contributed by atoms with van der Waals surface area (Å²) in [7, 11) is 0. The van der Waals surface area contributed by atoms with Crippen LogP contribution in [0.3, 0.4) is 0 Å². The molecule has 0 unspecified atom stereocenters. The van der Waals surface area contributed by atoms with E-state index in [4.69, 9.17) is 15.7 Å². The zero-order valence-electron chi connectivity index (χ0n) is 9.20. The van der Waals surface area contributed by atoms with Crippen molar-refractivity contribution < 1.29 is 34.2 Å². The van der Waals surface area contributed by atoms with Crippen molar-refractivity contribution in [2.45, 2.75) is 18.9 Å². The number of carbonyl (C=O) groups is 4. The number of aliphatic carboxylic acids is 1. The number of aliphatic hydroxyl groups is 1. The third-order valence-electron chi connectivity index (χ3n) is 1.88. The molecule has 0 aliphatic rings. The van der Waals surface area contributed by atoms with E-state index in [9.17, 15) is 19.2 Å². The minimum absolute atomic E-state index is 0.273. The van der Waals surface area contributed by atoms with Crippen LogP contribution in [0.4, 0.5) is 0 Å². The van der Waals surface area contributed by atoms with Crippen molar-refractivity contribution in [2.24, 2.45) is 0 Å². The van der Waals surface area contributed by atoms with Crippen molar-refractivity contribution in [1.29, 1.82) is 0 Å². The second-order valence-corrected chi connectivity index (χ2v) is 3.20. The largest absolute Gasteiger partial charge is 0.480 e. The lowest BCUT2D eigenvalue weighted by Gasteiger charge is -2.12. The Kier molecular flexibility index (Phi) is 6.79. The zero-order valence-corrected chi connectivity index (χ0v) is 9.20. The van der Waals surface area contributed by atoms with Gasteiger partial charge in [-0.2, -0.15) is 4.79 Å². The number of ketones is 2. The lowest BCUT2D eigenvalue weighted by molar-refractivity contribution is -0.145. The molecule has 0 radical (unpaired) electrons. The lowest BCUT2D eigenvalue weighted by Crippen LogP contribution is -2.45. The van der Waals surface area contributed by atoms with Gasteiger partial charge in [0, 0.05) is 6.42 Å². The first-order chi connectivity index (χ1) is 8.42. The quantitative estimate of drug-likeness (QED) is 0.193. The number of Topliss-reactive ketones (excluding diaryl/α,β-unsaturated/α-hetero) is 2. The number of hydrogen-bond donors (Lipinski definition) is 3. The van der Waals surface area contributed by atoms with E-state index in [0.717, 1.165) is 0 Å². The molecule has 98 valence electrons. The molecule has 9 heteroatoms. The van der Waals surface area contributed by atoms with E-state index in [2.05, 4.69) is 4.79 Å². The van der Waals surface area contributed by atoms with Gasteiger partial charge >= 0.3 is 12.2 Å². The van der Waals surface area contributed by atoms with Crippen LogP contribution in [0.15, 0.2) is 0 Å². The fraction of sp³-hybridized carbons (Fsp3) is 0.444. The first-order valence-corrected chi connectivity index (χ1v) is 4.80. The molecule has 0 aromatic carbocycles. The van der Waals surface area contributed by atoms with Crippen LogP contribution in [0.1, 0.15) is 12.8 Å². The van der Waals surface area contributed by atoms with Crippen LogP contribution in [0, 0.1) is 0 Å². The first kappa shape index (κ1) is 15.6. The summed E-state index contributed by atoms with van der Waals surface area (Å²) in [6, 6.07) is -1.44. The summed E-state index contributed by atoms with van der Waals surface area (Å²) in [5, 5.41) is 19.0. The Morgan fingerprint density at radius 2 is 1.94 bits per heavy atom. The summed E-state index contributed by atoms with van der Waals surface area (Å²) in [5.74, 6) is -4.48. The number of nitrogens with one attached hydrogen (secondary N) is 1. The van der Waals surface area contributed by atoms with Gasteiger partial charge in [0.25, 0.3) is 5.91 Å². The van der Waals surface area contributed by atoms with Crippen LogP contribution in [0.5, 0.6) is 0 Å². The maximum atomic E-state index is 11.0. The molecule has 0 aromatic heterocycles. The molecule has 0 spiro atoms. The minimum Gasteiger partial charge on any atom is -0.480 e. The number of carboxylic acid groups (broad SMARTS) is 1. The molecule has 0 aliphatic carbocycles. The minimum atomic E-state index is -1.44. The monoisotopic (exact) mass is 257 g/mol. The van der Waals surface area contributed by atoms with Gasteiger partial charge in [-0.05, 0) is 6.42 Å². The first-order valence-electron chi connectivity index (χ1n) is 4.80. The Morgan fingerprint density at radius 3 is 2.39 bits per heavy atom. The molecule has 0 aromatic rings. The third kappa shape index (κ3) is 5.64. The molecule has 0 saturated carbocycles. The average molecular weight is 257 g/mol. The van der Waals surface area contributed by atoms with Crippen molar-refractivity contribution in [3.63, 3.8) is 0 Å². The number of amides is 1. The van der Waals surface area contributed by atoms with Gasteiger partial charge in [0.05, 0.1) is 0 Å². The van der Waals surface area contributed by atoms with Crippen LogP contribution in [0.2, 0.25) is 0 Å². The number of aliphatic hydroxyl groups excluding tert-OH is 1. The summed E-state index contributed by atoms with van der Waals surface area (Å²) in [4.78, 5) is 45.9. The fourth-order valence-electron chi connectivity index (χ4n) is 0.983. The highest BCUT2D eigenvalue weighted by Gasteiger charge is 2.24. The van der Waals surface area contributed by atoms with Gasteiger partial charge in [0.15, 0.2) is 0 Å². The van der Waals surface area contributed by atoms with Crippen molar-refractivity contribution in [3.05, 3.63) is 5.53 Å². The Morgan fingerprint density at radius 1 is 1.33 bits per heavy atom. The Balaban J connectivity index is 4.45. The van der Waals surface area contributed by atoms with Crippen molar-refractivity contribution in [2.75, 3.05) is 6.61 Å². The van der Waals surface area contributed by atoms with Crippen molar-refractivity contribution >= 4 is 29.7 Å². The molecule has 0 aliphatic heterocycles. The molecule has 0 saturated heterocycles. The Bertz CT molecular complexity index is 413. The van der Waals surface area contributed by atoms with Gasteiger partial charge in [-0.25, -0.2) is 4.79 Å². The van der Waals surface area contributed by atoms with Crippen LogP contribution in [-0.2, 0) is 19.2 Å². The molecule has 1 atom stereocenters. The number of nitrogens with zero attached hydrogens (tertiary/aromatic N) is 2. The van der Waals surface area contributed by atoms with E-state index >= 15 is 0 Å². The highest BCUT2D eigenvalue weighted by molar-refractivity contribution is 6.37. The molecule has 0 heterocycles. The van der Waals surface area contributed by atoms with Crippen LogP contribution in [-0.4, -0.2) is 57.3 Å². The van der Waals surface area contributed by atoms with Crippen molar-refractivity contribution in [3.8, 4) is 0 Å². The highest BCUT2D eigenvalue weighted by atomic mass is 16.4. The second kappa shape index (κ2) is 7.82. The fourth-order valence-corrected chi connectivity index (χ4v) is 0.983. The predicted molar refractivity (Wildman–Crippen MR) is 55.6 cm³/mol. The summed E-state index contributed by atoms with van der Waals surface area (Å²) in [6.45, 7) is -1.03. The van der Waals surface area contributed by atoms with E-state index in [-0.39, 0.29) is 12.8 Å². The molecule has 1 amide bonds. The predicted octanol–water partition coefficient (Wildman–Crippen LogP) is -2.23. The molecule has 0 bridgehead atoms. The van der Waals surface area contributed by atoms with Gasteiger partial charge in [-0.15, -0.1) is 0 Å². The van der Waals surface area contributed by atoms with Gasteiger partial charge in [-0.1, -0.05) is 0 Å². The van der Waals surface area contributed by atoms with Crippen LogP contribution < -0.4 is 5.32 Å². The molecule has 9 nitrogen and oxygen atoms in total. The molecule has 0 rings (SSSR count). The number of rotatable bonds is 8. The average Bonchev–Trinajstić information content (AvgIpc) is 2.32. The Hall–Kier alpha value is -2.38. The summed E-state index contributed by atoms with van der Waals surface area (Å²) in [6.07, 6.45) is 0.0405. The number of hydrogen-bond acceptors (Lipinski definition) is 5. The molecule has 18 heavy (non-hydrogen) atoms. The van der Waals surface area contributed by atoms with E-state index in [1.165, 1.54) is 0 Å². The maximum absolute atomic E-state index is 11.0. The van der Waals surface area contributed by atoms with E-state index in [1.807, 2.05) is 5.32 Å².